The highest BCUT2D eigenvalue weighted by Crippen LogP contribution is 2.33. The number of carbonyl (C=O) groups is 1. The molecule has 1 unspecified atom stereocenters. The number of amides is 1. The summed E-state index contributed by atoms with van der Waals surface area (Å²) in [6, 6.07) is 18.0. The summed E-state index contributed by atoms with van der Waals surface area (Å²) in [6.07, 6.45) is 2.14. The lowest BCUT2D eigenvalue weighted by atomic mass is 9.99. The van der Waals surface area contributed by atoms with Crippen LogP contribution in [-0.2, 0) is 11.2 Å². The third-order valence-electron chi connectivity index (χ3n) is 5.37. The molecule has 0 spiro atoms. The molecule has 0 radical (unpaired) electrons. The summed E-state index contributed by atoms with van der Waals surface area (Å²) >= 11 is 0. The Bertz CT molecular complexity index is 739. The summed E-state index contributed by atoms with van der Waals surface area (Å²) in [7, 11) is 0. The molecule has 0 saturated carbocycles. The fourth-order valence-electron chi connectivity index (χ4n) is 4.00. The number of aliphatic hydroxyl groups excluding tert-OH is 1. The summed E-state index contributed by atoms with van der Waals surface area (Å²) in [5.74, 6) is 0.146. The van der Waals surface area contributed by atoms with Crippen LogP contribution in [0.25, 0.3) is 0 Å². The summed E-state index contributed by atoms with van der Waals surface area (Å²) in [5, 5.41) is 9.84. The van der Waals surface area contributed by atoms with Crippen molar-refractivity contribution in [2.24, 2.45) is 0 Å². The molecule has 1 amide bonds. The lowest BCUT2D eigenvalue weighted by Crippen LogP contribution is -2.46. The van der Waals surface area contributed by atoms with Gasteiger partial charge >= 0.3 is 0 Å². The van der Waals surface area contributed by atoms with Crippen molar-refractivity contribution >= 4 is 11.6 Å². The fraction of sp³-hybridized carbons (Fsp3) is 0.381. The first-order valence-corrected chi connectivity index (χ1v) is 9.10. The van der Waals surface area contributed by atoms with Gasteiger partial charge in [-0.3, -0.25) is 9.69 Å². The fourth-order valence-corrected chi connectivity index (χ4v) is 4.00. The molecule has 25 heavy (non-hydrogen) atoms. The van der Waals surface area contributed by atoms with Gasteiger partial charge in [0.25, 0.3) is 0 Å². The van der Waals surface area contributed by atoms with E-state index in [-0.39, 0.29) is 18.1 Å². The highest BCUT2D eigenvalue weighted by Gasteiger charge is 2.36. The van der Waals surface area contributed by atoms with Crippen molar-refractivity contribution in [1.82, 2.24) is 4.90 Å². The van der Waals surface area contributed by atoms with Gasteiger partial charge in [0.1, 0.15) is 6.04 Å². The number of anilines is 1. The highest BCUT2D eigenvalue weighted by molar-refractivity contribution is 5.99. The highest BCUT2D eigenvalue weighted by atomic mass is 16.3. The van der Waals surface area contributed by atoms with Crippen LogP contribution in [0, 0.1) is 0 Å². The predicted molar refractivity (Wildman–Crippen MR) is 98.5 cm³/mol. The Kier molecular flexibility index (Phi) is 4.55. The van der Waals surface area contributed by atoms with E-state index in [9.17, 15) is 9.90 Å². The molecule has 0 aromatic heterocycles. The number of benzene rings is 2. The van der Waals surface area contributed by atoms with Gasteiger partial charge in [-0.1, -0.05) is 48.5 Å². The first-order valence-electron chi connectivity index (χ1n) is 9.10. The summed E-state index contributed by atoms with van der Waals surface area (Å²) in [4.78, 5) is 17.7. The minimum atomic E-state index is -0.278. The van der Waals surface area contributed by atoms with Gasteiger partial charge in [-0.15, -0.1) is 0 Å². The average Bonchev–Trinajstić information content (AvgIpc) is 3.08. The van der Waals surface area contributed by atoms with Gasteiger partial charge in [-0.2, -0.15) is 0 Å². The maximum atomic E-state index is 13.5. The van der Waals surface area contributed by atoms with E-state index in [4.69, 9.17) is 0 Å². The van der Waals surface area contributed by atoms with E-state index >= 15 is 0 Å². The first-order chi connectivity index (χ1) is 12.2. The smallest absolute Gasteiger partial charge is 0.248 e. The predicted octanol–water partition coefficient (Wildman–Crippen LogP) is 2.77. The molecular weight excluding hydrogens is 312 g/mol. The van der Waals surface area contributed by atoms with Crippen LogP contribution >= 0.6 is 0 Å². The van der Waals surface area contributed by atoms with Gasteiger partial charge in [0.15, 0.2) is 0 Å². The third-order valence-corrected chi connectivity index (χ3v) is 5.37. The molecule has 0 aliphatic carbocycles. The van der Waals surface area contributed by atoms with Gasteiger partial charge in [0.05, 0.1) is 6.10 Å². The number of para-hydroxylation sites is 1. The molecule has 4 heteroatoms. The molecule has 0 bridgehead atoms. The van der Waals surface area contributed by atoms with Gasteiger partial charge in [-0.25, -0.2) is 0 Å². The van der Waals surface area contributed by atoms with E-state index in [1.54, 1.807) is 0 Å². The van der Waals surface area contributed by atoms with E-state index in [0.29, 0.717) is 0 Å². The SMILES string of the molecule is O=C(C(c1ccccc1)N1CCC(O)CC1)N1CCc2ccccc21. The molecule has 1 saturated heterocycles. The number of carbonyl (C=O) groups excluding carboxylic acids is 1. The van der Waals surface area contributed by atoms with E-state index in [1.807, 2.05) is 53.4 Å². The van der Waals surface area contributed by atoms with Crippen LogP contribution in [0.3, 0.4) is 0 Å². The molecule has 4 rings (SSSR count). The summed E-state index contributed by atoms with van der Waals surface area (Å²) < 4.78 is 0. The molecule has 2 aromatic rings. The van der Waals surface area contributed by atoms with Crippen LogP contribution in [0.1, 0.15) is 30.0 Å². The lowest BCUT2D eigenvalue weighted by molar-refractivity contribution is -0.125. The molecule has 130 valence electrons. The molecule has 2 aliphatic heterocycles. The molecule has 4 nitrogen and oxygen atoms in total. The van der Waals surface area contributed by atoms with Crippen molar-refractivity contribution < 1.29 is 9.90 Å². The largest absolute Gasteiger partial charge is 0.393 e. The van der Waals surface area contributed by atoms with Crippen molar-refractivity contribution in [3.8, 4) is 0 Å². The van der Waals surface area contributed by atoms with E-state index in [0.717, 1.165) is 50.1 Å². The number of aliphatic hydroxyl groups is 1. The second kappa shape index (κ2) is 6.98. The normalized spacial score (nSPS) is 19.6. The molecule has 1 atom stereocenters. The van der Waals surface area contributed by atoms with Crippen LogP contribution in [0.5, 0.6) is 0 Å². The van der Waals surface area contributed by atoms with Crippen LogP contribution in [-0.4, -0.2) is 41.7 Å². The molecule has 1 N–H and O–H groups in total. The second-order valence-electron chi connectivity index (χ2n) is 6.95. The molecule has 2 aromatic carbocycles. The quantitative estimate of drug-likeness (QED) is 0.937. The Balaban J connectivity index is 1.65. The number of nitrogens with zero attached hydrogens (tertiary/aromatic N) is 2. The zero-order valence-electron chi connectivity index (χ0n) is 14.3. The van der Waals surface area contributed by atoms with Gasteiger partial charge < -0.3 is 10.0 Å². The zero-order chi connectivity index (χ0) is 17.2. The van der Waals surface area contributed by atoms with Gasteiger partial charge in [-0.05, 0) is 36.5 Å². The minimum absolute atomic E-state index is 0.146. The van der Waals surface area contributed by atoms with E-state index < -0.39 is 0 Å². The van der Waals surface area contributed by atoms with E-state index in [1.165, 1.54) is 5.56 Å². The average molecular weight is 336 g/mol. The first kappa shape index (κ1) is 16.3. The Morgan fingerprint density at radius 2 is 1.64 bits per heavy atom. The van der Waals surface area contributed by atoms with Crippen LogP contribution < -0.4 is 4.90 Å². The van der Waals surface area contributed by atoms with Gasteiger partial charge in [0.2, 0.25) is 5.91 Å². The zero-order valence-corrected chi connectivity index (χ0v) is 14.3. The molecule has 2 heterocycles. The Morgan fingerprint density at radius 1 is 0.960 bits per heavy atom. The van der Waals surface area contributed by atoms with E-state index in [2.05, 4.69) is 11.0 Å². The molecular formula is C21H24N2O2. The maximum absolute atomic E-state index is 13.5. The lowest BCUT2D eigenvalue weighted by Gasteiger charge is -2.37. The number of rotatable bonds is 3. The van der Waals surface area contributed by atoms with Crippen LogP contribution in [0.15, 0.2) is 54.6 Å². The van der Waals surface area contributed by atoms with Crippen LogP contribution in [0.2, 0.25) is 0 Å². The number of hydrogen-bond donors (Lipinski definition) is 1. The maximum Gasteiger partial charge on any atom is 0.248 e. The van der Waals surface area contributed by atoms with Crippen molar-refractivity contribution in [2.75, 3.05) is 24.5 Å². The second-order valence-corrected chi connectivity index (χ2v) is 6.95. The minimum Gasteiger partial charge on any atom is -0.393 e. The van der Waals surface area contributed by atoms with Crippen molar-refractivity contribution in [3.63, 3.8) is 0 Å². The number of likely N-dealkylation sites (tertiary alicyclic amines) is 1. The van der Waals surface area contributed by atoms with Crippen molar-refractivity contribution in [2.45, 2.75) is 31.4 Å². The van der Waals surface area contributed by atoms with Gasteiger partial charge in [0, 0.05) is 25.3 Å². The number of fused-ring (bicyclic) bond motifs is 1. The Labute approximate surface area is 148 Å². The Hall–Kier alpha value is -2.17. The topological polar surface area (TPSA) is 43.8 Å². The monoisotopic (exact) mass is 336 g/mol. The van der Waals surface area contributed by atoms with Crippen molar-refractivity contribution in [3.05, 3.63) is 65.7 Å². The summed E-state index contributed by atoms with van der Waals surface area (Å²) in [5.41, 5.74) is 3.33. The molecule has 2 aliphatic rings. The van der Waals surface area contributed by atoms with Crippen LogP contribution in [0.4, 0.5) is 5.69 Å². The Morgan fingerprint density at radius 3 is 2.40 bits per heavy atom. The molecule has 1 fully saturated rings. The standard InChI is InChI=1S/C21H24N2O2/c24-18-11-13-22(14-12-18)20(17-7-2-1-3-8-17)21(25)23-15-10-16-6-4-5-9-19(16)23/h1-9,18,20,24H,10-15H2. The third kappa shape index (κ3) is 3.20. The summed E-state index contributed by atoms with van der Waals surface area (Å²) in [6.45, 7) is 2.25. The number of piperidine rings is 1. The van der Waals surface area contributed by atoms with Crippen molar-refractivity contribution in [1.29, 1.82) is 0 Å². The number of hydrogen-bond acceptors (Lipinski definition) is 3.